The largest absolute Gasteiger partial charge is 0.497 e. The van der Waals surface area contributed by atoms with Crippen molar-refractivity contribution in [3.05, 3.63) is 29.3 Å². The molecule has 3 nitrogen and oxygen atoms in total. The zero-order chi connectivity index (χ0) is 10.1. The molecule has 2 N–H and O–H groups in total. The van der Waals surface area contributed by atoms with Gasteiger partial charge < -0.3 is 10.5 Å². The maximum Gasteiger partial charge on any atom is 0.119 e. The highest BCUT2D eigenvalue weighted by atomic mass is 16.5. The minimum Gasteiger partial charge on any atom is -0.497 e. The molecule has 76 valence electrons. The molecule has 0 aromatic heterocycles. The van der Waals surface area contributed by atoms with Crippen molar-refractivity contribution in [2.24, 2.45) is 5.73 Å². The highest BCUT2D eigenvalue weighted by molar-refractivity contribution is 5.40. The number of hydrogen-bond acceptors (Lipinski definition) is 3. The van der Waals surface area contributed by atoms with E-state index in [0.717, 1.165) is 12.3 Å². The molecule has 0 fully saturated rings. The first-order chi connectivity index (χ1) is 6.76. The number of methoxy groups -OCH3 is 1. The number of nitrogens with zero attached hydrogens (tertiary/aromatic N) is 1. The second-order valence-electron chi connectivity index (χ2n) is 3.73. The Kier molecular flexibility index (Phi) is 2.44. The van der Waals surface area contributed by atoms with Gasteiger partial charge in [0.15, 0.2) is 0 Å². The lowest BCUT2D eigenvalue weighted by Crippen LogP contribution is -2.23. The lowest BCUT2D eigenvalue weighted by molar-refractivity contribution is 0.274. The maximum atomic E-state index is 5.75. The van der Waals surface area contributed by atoms with Crippen molar-refractivity contribution in [3.63, 3.8) is 0 Å². The maximum absolute atomic E-state index is 5.75. The molecule has 0 saturated carbocycles. The molecule has 1 aromatic carbocycles. The molecule has 1 atom stereocenters. The fraction of sp³-hybridized carbons (Fsp3) is 0.455. The highest BCUT2D eigenvalue weighted by Crippen LogP contribution is 2.33. The lowest BCUT2D eigenvalue weighted by atomic mass is 10.0. The first-order valence-electron chi connectivity index (χ1n) is 4.83. The Bertz CT molecular complexity index is 338. The SMILES string of the molecule is COc1ccc2c(c1)C(CN)N(C)C2. The molecule has 0 amide bonds. The molecule has 1 aliphatic heterocycles. The van der Waals surface area contributed by atoms with Gasteiger partial charge in [-0.15, -0.1) is 0 Å². The molecule has 14 heavy (non-hydrogen) atoms. The van der Waals surface area contributed by atoms with E-state index in [-0.39, 0.29) is 0 Å². The van der Waals surface area contributed by atoms with Crippen LogP contribution in [0.1, 0.15) is 17.2 Å². The average Bonchev–Trinajstić information content (AvgIpc) is 2.52. The van der Waals surface area contributed by atoms with Crippen LogP contribution in [0.25, 0.3) is 0 Å². The zero-order valence-corrected chi connectivity index (χ0v) is 8.66. The van der Waals surface area contributed by atoms with Gasteiger partial charge in [-0.25, -0.2) is 0 Å². The minimum absolute atomic E-state index is 0.347. The van der Waals surface area contributed by atoms with Crippen LogP contribution in [0.4, 0.5) is 0 Å². The normalized spacial score (nSPS) is 20.9. The predicted molar refractivity (Wildman–Crippen MR) is 56.3 cm³/mol. The Hall–Kier alpha value is -1.06. The summed E-state index contributed by atoms with van der Waals surface area (Å²) in [6.07, 6.45) is 0. The number of nitrogens with two attached hydrogens (primary N) is 1. The van der Waals surface area contributed by atoms with Gasteiger partial charge >= 0.3 is 0 Å². The molecule has 0 bridgehead atoms. The molecular weight excluding hydrogens is 176 g/mol. The molecule has 1 heterocycles. The smallest absolute Gasteiger partial charge is 0.119 e. The highest BCUT2D eigenvalue weighted by Gasteiger charge is 2.26. The Labute approximate surface area is 84.5 Å². The molecule has 0 saturated heterocycles. The summed E-state index contributed by atoms with van der Waals surface area (Å²) < 4.78 is 5.21. The molecule has 0 radical (unpaired) electrons. The topological polar surface area (TPSA) is 38.5 Å². The van der Waals surface area contributed by atoms with Crippen molar-refractivity contribution in [2.45, 2.75) is 12.6 Å². The van der Waals surface area contributed by atoms with Crippen LogP contribution in [0.3, 0.4) is 0 Å². The van der Waals surface area contributed by atoms with E-state index in [4.69, 9.17) is 10.5 Å². The predicted octanol–water partition coefficient (Wildman–Crippen LogP) is 1.14. The van der Waals surface area contributed by atoms with Crippen LogP contribution in [0.15, 0.2) is 18.2 Å². The summed E-state index contributed by atoms with van der Waals surface area (Å²) in [5.41, 5.74) is 8.43. The summed E-state index contributed by atoms with van der Waals surface area (Å²) in [4.78, 5) is 2.27. The van der Waals surface area contributed by atoms with E-state index in [1.807, 2.05) is 6.07 Å². The van der Waals surface area contributed by atoms with Crippen LogP contribution >= 0.6 is 0 Å². The number of fused-ring (bicyclic) bond motifs is 1. The molecule has 3 heteroatoms. The van der Waals surface area contributed by atoms with E-state index in [1.165, 1.54) is 11.1 Å². The van der Waals surface area contributed by atoms with Crippen LogP contribution in [0, 0.1) is 0 Å². The van der Waals surface area contributed by atoms with Gasteiger partial charge in [-0.2, -0.15) is 0 Å². The van der Waals surface area contributed by atoms with Crippen LogP contribution in [-0.2, 0) is 6.54 Å². The van der Waals surface area contributed by atoms with Gasteiger partial charge in [-0.1, -0.05) is 6.07 Å². The summed E-state index contributed by atoms with van der Waals surface area (Å²) in [6, 6.07) is 6.57. The van der Waals surface area contributed by atoms with E-state index in [0.29, 0.717) is 12.6 Å². The summed E-state index contributed by atoms with van der Waals surface area (Å²) >= 11 is 0. The van der Waals surface area contributed by atoms with Gasteiger partial charge in [0.2, 0.25) is 0 Å². The third kappa shape index (κ3) is 1.38. The van der Waals surface area contributed by atoms with E-state index in [9.17, 15) is 0 Å². The first kappa shape index (κ1) is 9.49. The number of ether oxygens (including phenoxy) is 1. The average molecular weight is 192 g/mol. The van der Waals surface area contributed by atoms with Crippen molar-refractivity contribution >= 4 is 0 Å². The van der Waals surface area contributed by atoms with Crippen molar-refractivity contribution in [3.8, 4) is 5.75 Å². The summed E-state index contributed by atoms with van der Waals surface area (Å²) in [6.45, 7) is 1.65. The molecule has 1 aliphatic rings. The molecule has 2 rings (SSSR count). The Balaban J connectivity index is 2.39. The molecule has 0 spiro atoms. The van der Waals surface area contributed by atoms with Gasteiger partial charge in [0.1, 0.15) is 5.75 Å². The quantitative estimate of drug-likeness (QED) is 0.763. The Morgan fingerprint density at radius 3 is 3.00 bits per heavy atom. The van der Waals surface area contributed by atoms with E-state index in [2.05, 4.69) is 24.1 Å². The number of rotatable bonds is 2. The third-order valence-electron chi connectivity index (χ3n) is 2.89. The first-order valence-corrected chi connectivity index (χ1v) is 4.83. The molecule has 1 unspecified atom stereocenters. The standard InChI is InChI=1S/C11H16N2O/c1-13-7-8-3-4-9(14-2)5-10(8)11(13)6-12/h3-5,11H,6-7,12H2,1-2H3. The van der Waals surface area contributed by atoms with Gasteiger partial charge in [0.25, 0.3) is 0 Å². The summed E-state index contributed by atoms with van der Waals surface area (Å²) in [7, 11) is 3.79. The second kappa shape index (κ2) is 3.59. The Morgan fingerprint density at radius 1 is 1.57 bits per heavy atom. The monoisotopic (exact) mass is 192 g/mol. The number of benzene rings is 1. The van der Waals surface area contributed by atoms with Crippen molar-refractivity contribution in [1.29, 1.82) is 0 Å². The van der Waals surface area contributed by atoms with E-state index in [1.54, 1.807) is 7.11 Å². The van der Waals surface area contributed by atoms with Gasteiger partial charge in [-0.05, 0) is 30.3 Å². The molecular formula is C11H16N2O. The van der Waals surface area contributed by atoms with Gasteiger partial charge in [0, 0.05) is 19.1 Å². The van der Waals surface area contributed by atoms with Crippen LogP contribution in [-0.4, -0.2) is 25.6 Å². The van der Waals surface area contributed by atoms with Crippen LogP contribution < -0.4 is 10.5 Å². The van der Waals surface area contributed by atoms with Gasteiger partial charge in [0.05, 0.1) is 7.11 Å². The zero-order valence-electron chi connectivity index (χ0n) is 8.66. The van der Waals surface area contributed by atoms with Crippen molar-refractivity contribution in [1.82, 2.24) is 4.90 Å². The second-order valence-corrected chi connectivity index (χ2v) is 3.73. The van der Waals surface area contributed by atoms with Crippen LogP contribution in [0.5, 0.6) is 5.75 Å². The fourth-order valence-electron chi connectivity index (χ4n) is 2.08. The third-order valence-corrected chi connectivity index (χ3v) is 2.89. The van der Waals surface area contributed by atoms with E-state index < -0.39 is 0 Å². The van der Waals surface area contributed by atoms with Crippen molar-refractivity contribution < 1.29 is 4.74 Å². The van der Waals surface area contributed by atoms with Crippen LogP contribution in [0.2, 0.25) is 0 Å². The lowest BCUT2D eigenvalue weighted by Gasteiger charge is -2.17. The summed E-state index contributed by atoms with van der Waals surface area (Å²) in [5.74, 6) is 0.914. The summed E-state index contributed by atoms with van der Waals surface area (Å²) in [5, 5.41) is 0. The van der Waals surface area contributed by atoms with Gasteiger partial charge in [-0.3, -0.25) is 4.90 Å². The fourth-order valence-corrected chi connectivity index (χ4v) is 2.08. The van der Waals surface area contributed by atoms with Crippen molar-refractivity contribution in [2.75, 3.05) is 20.7 Å². The van der Waals surface area contributed by atoms with E-state index >= 15 is 0 Å². The number of likely N-dealkylation sites (N-methyl/N-ethyl adjacent to an activating group) is 1. The minimum atomic E-state index is 0.347. The molecule has 1 aromatic rings. The Morgan fingerprint density at radius 2 is 2.36 bits per heavy atom. The number of hydrogen-bond donors (Lipinski definition) is 1. The molecule has 0 aliphatic carbocycles.